The number of amides is 1. The third-order valence-corrected chi connectivity index (χ3v) is 5.77. The van der Waals surface area contributed by atoms with Crippen molar-refractivity contribution in [2.75, 3.05) is 49.9 Å². The summed E-state index contributed by atoms with van der Waals surface area (Å²) in [5.74, 6) is 0.0323. The number of ether oxygens (including phenoxy) is 2. The van der Waals surface area contributed by atoms with Gasteiger partial charge in [-0.2, -0.15) is 5.26 Å². The van der Waals surface area contributed by atoms with E-state index >= 15 is 0 Å². The molecule has 1 aromatic heterocycles. The first-order valence-corrected chi connectivity index (χ1v) is 11.6. The predicted molar refractivity (Wildman–Crippen MR) is 137 cm³/mol. The Balaban J connectivity index is 1.54. The summed E-state index contributed by atoms with van der Waals surface area (Å²) in [7, 11) is 0. The molecule has 1 amide bonds. The summed E-state index contributed by atoms with van der Waals surface area (Å²) in [4.78, 5) is 23.0. The van der Waals surface area contributed by atoms with Gasteiger partial charge in [-0.25, -0.2) is 14.4 Å². The standard InChI is InChI=1S/C25H23FN6O3S/c26-16-35-24(36)20-15-19(5-6-22(20)32-11-13-34-14-12-32)30-25-29-9-7-21(31-25)17-1-3-18(4-2-17)23(33)28-10-8-27/h1-7,9,15H,10-14,16H2,(H,28,33)(H,29,30,31). The number of thiocarbonyl (C=S) groups is 1. The van der Waals surface area contributed by atoms with Crippen LogP contribution < -0.4 is 15.5 Å². The summed E-state index contributed by atoms with van der Waals surface area (Å²) in [6, 6.07) is 16.1. The van der Waals surface area contributed by atoms with Crippen LogP contribution in [-0.2, 0) is 9.47 Å². The van der Waals surface area contributed by atoms with Crippen LogP contribution in [0.15, 0.2) is 54.7 Å². The van der Waals surface area contributed by atoms with Gasteiger partial charge in [0.15, 0.2) is 5.05 Å². The van der Waals surface area contributed by atoms with Crippen LogP contribution in [0.3, 0.4) is 0 Å². The highest BCUT2D eigenvalue weighted by atomic mass is 32.1. The third-order valence-electron chi connectivity index (χ3n) is 5.44. The van der Waals surface area contributed by atoms with Gasteiger partial charge in [-0.15, -0.1) is 0 Å². The Labute approximate surface area is 212 Å². The van der Waals surface area contributed by atoms with Crippen molar-refractivity contribution in [2.24, 2.45) is 0 Å². The number of aromatic nitrogens is 2. The van der Waals surface area contributed by atoms with Gasteiger partial charge in [-0.05, 0) is 48.6 Å². The number of carbonyl (C=O) groups is 1. The summed E-state index contributed by atoms with van der Waals surface area (Å²) in [5.41, 5.74) is 3.98. The normalized spacial score (nSPS) is 12.9. The zero-order chi connectivity index (χ0) is 25.3. The van der Waals surface area contributed by atoms with Crippen molar-refractivity contribution in [3.8, 4) is 17.3 Å². The first kappa shape index (κ1) is 25.0. The molecular weight excluding hydrogens is 483 g/mol. The zero-order valence-electron chi connectivity index (χ0n) is 19.2. The molecule has 0 spiro atoms. The summed E-state index contributed by atoms with van der Waals surface area (Å²) in [5, 5.41) is 14.3. The van der Waals surface area contributed by atoms with Crippen LogP contribution >= 0.6 is 12.2 Å². The van der Waals surface area contributed by atoms with E-state index in [0.717, 1.165) is 11.3 Å². The largest absolute Gasteiger partial charge is 0.452 e. The number of nitriles is 1. The SMILES string of the molecule is N#CCNC(=O)c1ccc(-c2ccnc(Nc3ccc(N4CCOCC4)c(C(=S)OCF)c3)n2)cc1. The molecule has 0 saturated carbocycles. The molecule has 3 aromatic rings. The lowest BCUT2D eigenvalue weighted by Gasteiger charge is -2.30. The van der Waals surface area contributed by atoms with Crippen molar-refractivity contribution in [1.29, 1.82) is 5.26 Å². The molecule has 0 radical (unpaired) electrons. The fourth-order valence-electron chi connectivity index (χ4n) is 3.71. The molecule has 184 valence electrons. The van der Waals surface area contributed by atoms with Crippen molar-refractivity contribution in [1.82, 2.24) is 15.3 Å². The number of hydrogen-bond acceptors (Lipinski definition) is 9. The average molecular weight is 507 g/mol. The van der Waals surface area contributed by atoms with Crippen molar-refractivity contribution >= 4 is 40.5 Å². The smallest absolute Gasteiger partial charge is 0.252 e. The fraction of sp³-hybridized carbons (Fsp3) is 0.240. The van der Waals surface area contributed by atoms with E-state index in [2.05, 4.69) is 25.5 Å². The molecule has 11 heteroatoms. The molecule has 0 unspecified atom stereocenters. The van der Waals surface area contributed by atoms with E-state index in [1.807, 2.05) is 18.2 Å². The van der Waals surface area contributed by atoms with Gasteiger partial charge < -0.3 is 25.0 Å². The minimum Gasteiger partial charge on any atom is -0.452 e. The van der Waals surface area contributed by atoms with Crippen molar-refractivity contribution < 1.29 is 18.7 Å². The molecule has 2 aromatic carbocycles. The average Bonchev–Trinajstić information content (AvgIpc) is 2.92. The molecule has 2 heterocycles. The van der Waals surface area contributed by atoms with Gasteiger partial charge in [0.2, 0.25) is 12.8 Å². The third kappa shape index (κ3) is 6.10. The first-order valence-electron chi connectivity index (χ1n) is 11.1. The molecule has 4 rings (SSSR count). The lowest BCUT2D eigenvalue weighted by atomic mass is 10.1. The molecule has 1 aliphatic heterocycles. The Bertz CT molecular complexity index is 1280. The molecule has 0 bridgehead atoms. The molecule has 36 heavy (non-hydrogen) atoms. The van der Waals surface area contributed by atoms with E-state index < -0.39 is 6.86 Å². The quantitative estimate of drug-likeness (QED) is 0.350. The van der Waals surface area contributed by atoms with E-state index in [4.69, 9.17) is 27.0 Å². The van der Waals surface area contributed by atoms with E-state index in [-0.39, 0.29) is 17.5 Å². The first-order chi connectivity index (χ1) is 17.6. The number of nitrogens with one attached hydrogen (secondary N) is 2. The summed E-state index contributed by atoms with van der Waals surface area (Å²) < 4.78 is 23.3. The molecule has 0 aliphatic carbocycles. The second-order valence-electron chi connectivity index (χ2n) is 7.68. The second-order valence-corrected chi connectivity index (χ2v) is 8.05. The minimum absolute atomic E-state index is 0.0543. The Morgan fingerprint density at radius 1 is 1.19 bits per heavy atom. The highest BCUT2D eigenvalue weighted by Crippen LogP contribution is 2.28. The maximum Gasteiger partial charge on any atom is 0.252 e. The second kappa shape index (κ2) is 12.0. The Hall–Kier alpha value is -4.14. The molecule has 9 nitrogen and oxygen atoms in total. The van der Waals surface area contributed by atoms with E-state index in [9.17, 15) is 9.18 Å². The van der Waals surface area contributed by atoms with Crippen molar-refractivity contribution in [2.45, 2.75) is 0 Å². The van der Waals surface area contributed by atoms with Crippen LogP contribution in [0.5, 0.6) is 0 Å². The van der Waals surface area contributed by atoms with Crippen molar-refractivity contribution in [3.63, 3.8) is 0 Å². The molecular formula is C25H23FN6O3S. The van der Waals surface area contributed by atoms with Gasteiger partial charge in [-0.1, -0.05) is 12.1 Å². The van der Waals surface area contributed by atoms with Gasteiger partial charge in [0, 0.05) is 41.8 Å². The number of halogens is 1. The van der Waals surface area contributed by atoms with E-state index in [1.165, 1.54) is 0 Å². The molecule has 1 saturated heterocycles. The van der Waals surface area contributed by atoms with Gasteiger partial charge >= 0.3 is 0 Å². The predicted octanol–water partition coefficient (Wildman–Crippen LogP) is 3.60. The number of anilines is 3. The fourth-order valence-corrected chi connectivity index (χ4v) is 3.92. The number of hydrogen-bond donors (Lipinski definition) is 2. The number of morpholine rings is 1. The van der Waals surface area contributed by atoms with Gasteiger partial charge in [0.1, 0.15) is 6.54 Å². The van der Waals surface area contributed by atoms with E-state index in [0.29, 0.717) is 54.8 Å². The van der Waals surface area contributed by atoms with Crippen LogP contribution in [0.25, 0.3) is 11.3 Å². The topological polar surface area (TPSA) is 112 Å². The lowest BCUT2D eigenvalue weighted by Crippen LogP contribution is -2.37. The van der Waals surface area contributed by atoms with Gasteiger partial charge in [0.05, 0.1) is 30.5 Å². The summed E-state index contributed by atoms with van der Waals surface area (Å²) in [6.45, 7) is 1.53. The van der Waals surface area contributed by atoms with Crippen LogP contribution in [0.1, 0.15) is 15.9 Å². The zero-order valence-corrected chi connectivity index (χ0v) is 20.1. The summed E-state index contributed by atoms with van der Waals surface area (Å²) >= 11 is 5.31. The minimum atomic E-state index is -1.01. The maximum absolute atomic E-state index is 12.9. The Kier molecular flexibility index (Phi) is 8.33. The molecule has 0 atom stereocenters. The Morgan fingerprint density at radius 3 is 2.69 bits per heavy atom. The highest BCUT2D eigenvalue weighted by Gasteiger charge is 2.19. The van der Waals surface area contributed by atoms with Gasteiger partial charge in [-0.3, -0.25) is 4.79 Å². The number of rotatable bonds is 8. The highest BCUT2D eigenvalue weighted by molar-refractivity contribution is 7.80. The summed E-state index contributed by atoms with van der Waals surface area (Å²) in [6.07, 6.45) is 1.62. The maximum atomic E-state index is 12.9. The van der Waals surface area contributed by atoms with Crippen molar-refractivity contribution in [3.05, 3.63) is 65.9 Å². The molecule has 1 aliphatic rings. The molecule has 1 fully saturated rings. The van der Waals surface area contributed by atoms with Crippen LogP contribution in [-0.4, -0.2) is 60.6 Å². The van der Waals surface area contributed by atoms with E-state index in [1.54, 1.807) is 42.6 Å². The monoisotopic (exact) mass is 506 g/mol. The van der Waals surface area contributed by atoms with Crippen LogP contribution in [0.4, 0.5) is 21.7 Å². The number of carbonyl (C=O) groups excluding carboxylic acids is 1. The number of benzene rings is 2. The van der Waals surface area contributed by atoms with Gasteiger partial charge in [0.25, 0.3) is 5.91 Å². The lowest BCUT2D eigenvalue weighted by molar-refractivity contribution is 0.0958. The Morgan fingerprint density at radius 2 is 1.97 bits per heavy atom. The number of alkyl halides is 1. The van der Waals surface area contributed by atoms with Crippen LogP contribution in [0.2, 0.25) is 0 Å². The van der Waals surface area contributed by atoms with Crippen LogP contribution in [0, 0.1) is 11.3 Å². The number of nitrogens with zero attached hydrogens (tertiary/aromatic N) is 4. The molecule has 2 N–H and O–H groups in total.